The number of pyridine rings is 2. The number of aromatic nitrogens is 3. The van der Waals surface area contributed by atoms with Gasteiger partial charge in [-0.3, -0.25) is 4.98 Å². The van der Waals surface area contributed by atoms with E-state index in [-0.39, 0.29) is 0 Å². The summed E-state index contributed by atoms with van der Waals surface area (Å²) < 4.78 is 13.8. The van der Waals surface area contributed by atoms with Gasteiger partial charge in [0.05, 0.1) is 27.5 Å². The van der Waals surface area contributed by atoms with Gasteiger partial charge in [0.1, 0.15) is 12.4 Å². The minimum absolute atomic E-state index is 0.446. The van der Waals surface area contributed by atoms with Crippen molar-refractivity contribution in [1.82, 2.24) is 14.6 Å². The van der Waals surface area contributed by atoms with Crippen LogP contribution >= 0.6 is 11.6 Å². The van der Waals surface area contributed by atoms with Gasteiger partial charge < -0.3 is 19.9 Å². The molecule has 0 amide bonds. The molecule has 0 bridgehead atoms. The van der Waals surface area contributed by atoms with Crippen molar-refractivity contribution in [2.45, 2.75) is 39.4 Å². The maximum absolute atomic E-state index is 12.7. The van der Waals surface area contributed by atoms with Crippen LogP contribution in [0.4, 0.5) is 5.69 Å². The largest absolute Gasteiger partial charge is 0.490 e. The number of benzene rings is 2. The van der Waals surface area contributed by atoms with E-state index in [0.717, 1.165) is 22.4 Å². The molecule has 8 nitrogen and oxygen atoms in total. The van der Waals surface area contributed by atoms with E-state index < -0.39 is 17.7 Å². The normalized spacial score (nSPS) is 13.7. The molecule has 3 aromatic heterocycles. The molecule has 0 saturated heterocycles. The number of fused-ring (bicyclic) bond motifs is 2. The molecule has 1 aliphatic rings. The number of nitrogens with one attached hydrogen (secondary N) is 1. The summed E-state index contributed by atoms with van der Waals surface area (Å²) in [4.78, 5) is 17.0. The second-order valence-corrected chi connectivity index (χ2v) is 11.7. The molecular weight excluding hydrogens is 552 g/mol. The number of ether oxygens (including phenoxy) is 2. The number of aryl methyl sites for hydroxylation is 1. The first-order valence-corrected chi connectivity index (χ1v) is 14.1. The van der Waals surface area contributed by atoms with Gasteiger partial charge in [0, 0.05) is 53.0 Å². The fourth-order valence-corrected chi connectivity index (χ4v) is 5.70. The van der Waals surface area contributed by atoms with Crippen molar-refractivity contribution in [1.29, 1.82) is 0 Å². The van der Waals surface area contributed by atoms with Crippen LogP contribution < -0.4 is 10.1 Å². The monoisotopic (exact) mass is 582 g/mol. The Morgan fingerprint density at radius 3 is 2.64 bits per heavy atom. The highest BCUT2D eigenvalue weighted by Crippen LogP contribution is 2.46. The fraction of sp³-hybridized carbons (Fsp3) is 0.242. The van der Waals surface area contributed by atoms with Crippen molar-refractivity contribution in [2.24, 2.45) is 0 Å². The quantitative estimate of drug-likeness (QED) is 0.215. The van der Waals surface area contributed by atoms with Crippen LogP contribution in [-0.2, 0) is 9.53 Å². The second-order valence-electron chi connectivity index (χ2n) is 11.3. The molecular formula is C33H31ClN4O4. The van der Waals surface area contributed by atoms with Crippen molar-refractivity contribution >= 4 is 28.8 Å². The summed E-state index contributed by atoms with van der Waals surface area (Å²) >= 11 is 7.05. The topological polar surface area (TPSA) is 98.0 Å². The van der Waals surface area contributed by atoms with Crippen LogP contribution in [0.15, 0.2) is 73.2 Å². The van der Waals surface area contributed by atoms with E-state index in [1.54, 1.807) is 10.7 Å². The highest BCUT2D eigenvalue weighted by atomic mass is 35.5. The number of aliphatic carboxylic acids is 1. The first-order valence-electron chi connectivity index (χ1n) is 13.7. The molecule has 1 atom stereocenters. The van der Waals surface area contributed by atoms with Gasteiger partial charge in [0.25, 0.3) is 0 Å². The first kappa shape index (κ1) is 27.8. The molecule has 9 heteroatoms. The lowest BCUT2D eigenvalue weighted by molar-refractivity contribution is -0.160. The summed E-state index contributed by atoms with van der Waals surface area (Å²) in [6, 6.07) is 17.7. The lowest BCUT2D eigenvalue weighted by Gasteiger charge is -2.29. The number of anilines is 1. The van der Waals surface area contributed by atoms with E-state index in [4.69, 9.17) is 26.2 Å². The van der Waals surface area contributed by atoms with Gasteiger partial charge in [-0.1, -0.05) is 35.9 Å². The maximum atomic E-state index is 12.7. The minimum Gasteiger partial charge on any atom is -0.490 e. The van der Waals surface area contributed by atoms with Crippen LogP contribution in [0.2, 0.25) is 5.02 Å². The Morgan fingerprint density at radius 2 is 1.90 bits per heavy atom. The average molecular weight is 583 g/mol. The number of carbonyl (C=O) groups is 1. The Morgan fingerprint density at radius 1 is 1.12 bits per heavy atom. The van der Waals surface area contributed by atoms with E-state index in [0.29, 0.717) is 57.4 Å². The van der Waals surface area contributed by atoms with Crippen molar-refractivity contribution in [3.05, 3.63) is 89.3 Å². The lowest BCUT2D eigenvalue weighted by Crippen LogP contribution is -2.28. The predicted molar refractivity (Wildman–Crippen MR) is 164 cm³/mol. The molecule has 214 valence electrons. The number of nitrogens with zero attached hydrogens (tertiary/aromatic N) is 3. The van der Waals surface area contributed by atoms with Crippen LogP contribution in [0.5, 0.6) is 5.75 Å². The molecule has 0 saturated carbocycles. The van der Waals surface area contributed by atoms with Crippen LogP contribution in [-0.4, -0.2) is 44.4 Å². The number of carboxylic acids is 1. The van der Waals surface area contributed by atoms with Gasteiger partial charge >= 0.3 is 5.97 Å². The van der Waals surface area contributed by atoms with Gasteiger partial charge in [-0.05, 0) is 69.2 Å². The third kappa shape index (κ3) is 5.19. The van der Waals surface area contributed by atoms with Crippen LogP contribution in [0.1, 0.15) is 38.0 Å². The van der Waals surface area contributed by atoms with Gasteiger partial charge in [-0.15, -0.1) is 0 Å². The minimum atomic E-state index is -1.24. The molecule has 0 aliphatic carbocycles. The Labute approximate surface area is 248 Å². The Kier molecular flexibility index (Phi) is 7.12. The first-order chi connectivity index (χ1) is 20.1. The molecule has 4 heterocycles. The van der Waals surface area contributed by atoms with Gasteiger partial charge in [0.2, 0.25) is 0 Å². The van der Waals surface area contributed by atoms with E-state index in [2.05, 4.69) is 16.4 Å². The predicted octanol–water partition coefficient (Wildman–Crippen LogP) is 7.44. The van der Waals surface area contributed by atoms with Crippen molar-refractivity contribution < 1.29 is 19.4 Å². The van der Waals surface area contributed by atoms with Gasteiger partial charge in [-0.2, -0.15) is 5.10 Å². The third-order valence-electron chi connectivity index (χ3n) is 7.15. The SMILES string of the molecule is Cc1cn2nc(-c3cccc(-c4cccnc4)c3)cc2c(-c2ccc3c(c2Cl)NCCO3)c1C(OC(C)(C)C)C(=O)O. The van der Waals surface area contributed by atoms with Crippen molar-refractivity contribution in [2.75, 3.05) is 18.5 Å². The molecule has 0 fully saturated rings. The van der Waals surface area contributed by atoms with E-state index in [9.17, 15) is 9.90 Å². The number of hydrogen-bond donors (Lipinski definition) is 2. The van der Waals surface area contributed by atoms with E-state index in [1.165, 1.54) is 0 Å². The lowest BCUT2D eigenvalue weighted by atomic mass is 9.91. The summed E-state index contributed by atoms with van der Waals surface area (Å²) in [5, 5.41) is 19.1. The molecule has 6 rings (SSSR count). The summed E-state index contributed by atoms with van der Waals surface area (Å²) in [6.07, 6.45) is 4.18. The number of halogens is 1. The summed E-state index contributed by atoms with van der Waals surface area (Å²) in [7, 11) is 0. The maximum Gasteiger partial charge on any atom is 0.337 e. The van der Waals surface area contributed by atoms with Gasteiger partial charge in [0.15, 0.2) is 6.10 Å². The Balaban J connectivity index is 1.61. The average Bonchev–Trinajstić information content (AvgIpc) is 3.40. The molecule has 1 unspecified atom stereocenters. The highest BCUT2D eigenvalue weighted by molar-refractivity contribution is 6.36. The number of rotatable bonds is 6. The number of carboxylic acid groups (broad SMARTS) is 1. The second kappa shape index (κ2) is 10.8. The molecule has 42 heavy (non-hydrogen) atoms. The fourth-order valence-electron chi connectivity index (χ4n) is 5.38. The van der Waals surface area contributed by atoms with Crippen LogP contribution in [0.25, 0.3) is 39.0 Å². The standard InChI is InChI=1S/C33H31ClN4O4/c1-19-18-38-25(16-24(37-38)21-8-5-7-20(15-21)22-9-6-12-35-17-22)28(27(19)31(32(39)40)42-33(2,3)4)23-10-11-26-30(29(23)34)36-13-14-41-26/h5-12,15-18,31,36H,13-14H2,1-4H3,(H,39,40). The Bertz CT molecular complexity index is 1810. The molecule has 2 aromatic carbocycles. The molecule has 1 aliphatic heterocycles. The summed E-state index contributed by atoms with van der Waals surface area (Å²) in [5.74, 6) is -0.430. The molecule has 2 N–H and O–H groups in total. The molecule has 0 spiro atoms. The zero-order valence-corrected chi connectivity index (χ0v) is 24.6. The van der Waals surface area contributed by atoms with E-state index in [1.807, 2.05) is 88.6 Å². The Hall–Kier alpha value is -4.40. The molecule has 0 radical (unpaired) electrons. The number of hydrogen-bond acceptors (Lipinski definition) is 6. The van der Waals surface area contributed by atoms with Gasteiger partial charge in [-0.25, -0.2) is 9.31 Å². The van der Waals surface area contributed by atoms with Crippen LogP contribution in [0, 0.1) is 6.92 Å². The summed E-state index contributed by atoms with van der Waals surface area (Å²) in [6.45, 7) is 8.55. The van der Waals surface area contributed by atoms with Crippen LogP contribution in [0.3, 0.4) is 0 Å². The zero-order valence-electron chi connectivity index (χ0n) is 23.8. The van der Waals surface area contributed by atoms with Crippen molar-refractivity contribution in [3.8, 4) is 39.3 Å². The van der Waals surface area contributed by atoms with Crippen molar-refractivity contribution in [3.63, 3.8) is 0 Å². The third-order valence-corrected chi connectivity index (χ3v) is 7.54. The smallest absolute Gasteiger partial charge is 0.337 e. The zero-order chi connectivity index (χ0) is 29.6. The highest BCUT2D eigenvalue weighted by Gasteiger charge is 2.33. The van der Waals surface area contributed by atoms with E-state index >= 15 is 0 Å². The summed E-state index contributed by atoms with van der Waals surface area (Å²) in [5.41, 5.74) is 6.89. The molecule has 5 aromatic rings.